The van der Waals surface area contributed by atoms with Gasteiger partial charge in [0.15, 0.2) is 11.5 Å². The lowest BCUT2D eigenvalue weighted by Crippen LogP contribution is -2.05. The van der Waals surface area contributed by atoms with Gasteiger partial charge in [0.05, 0.1) is 18.7 Å². The van der Waals surface area contributed by atoms with Gasteiger partial charge in [-0.15, -0.1) is 0 Å². The molecule has 106 valence electrons. The minimum Gasteiger partial charge on any atom is -0.493 e. The predicted octanol–water partition coefficient (Wildman–Crippen LogP) is 2.84. The van der Waals surface area contributed by atoms with Crippen molar-refractivity contribution >= 4 is 5.97 Å². The van der Waals surface area contributed by atoms with Crippen LogP contribution < -0.4 is 9.47 Å². The van der Waals surface area contributed by atoms with E-state index in [1.54, 1.807) is 36.4 Å². The number of para-hydroxylation sites is 1. The van der Waals surface area contributed by atoms with Crippen LogP contribution in [0.2, 0.25) is 0 Å². The van der Waals surface area contributed by atoms with Gasteiger partial charge in [0.25, 0.3) is 0 Å². The summed E-state index contributed by atoms with van der Waals surface area (Å²) in [5, 5.41) is 17.9. The molecule has 0 spiro atoms. The van der Waals surface area contributed by atoms with Crippen LogP contribution in [0.25, 0.3) is 0 Å². The summed E-state index contributed by atoms with van der Waals surface area (Å²) < 4.78 is 10.7. The standard InChI is InChI=1S/C16H13NO4/c1-20-14-4-2-3-13(16(18)19)15(14)21-10-12-7-5-11(9-17)6-8-12/h2-8H,10H2,1H3,(H,18,19). The van der Waals surface area contributed by atoms with Crippen molar-refractivity contribution in [2.75, 3.05) is 7.11 Å². The van der Waals surface area contributed by atoms with Crippen LogP contribution in [0.1, 0.15) is 21.5 Å². The molecule has 0 atom stereocenters. The Morgan fingerprint density at radius 2 is 1.95 bits per heavy atom. The molecule has 5 nitrogen and oxygen atoms in total. The van der Waals surface area contributed by atoms with Gasteiger partial charge in [-0.1, -0.05) is 18.2 Å². The van der Waals surface area contributed by atoms with Crippen LogP contribution in [0.5, 0.6) is 11.5 Å². The number of hydrogen-bond acceptors (Lipinski definition) is 4. The van der Waals surface area contributed by atoms with Crippen molar-refractivity contribution in [3.63, 3.8) is 0 Å². The second-order valence-electron chi connectivity index (χ2n) is 4.24. The predicted molar refractivity (Wildman–Crippen MR) is 75.4 cm³/mol. The third-order valence-electron chi connectivity index (χ3n) is 2.90. The van der Waals surface area contributed by atoms with E-state index in [-0.39, 0.29) is 17.9 Å². The quantitative estimate of drug-likeness (QED) is 0.912. The molecule has 2 aromatic carbocycles. The lowest BCUT2D eigenvalue weighted by Gasteiger charge is -2.13. The summed E-state index contributed by atoms with van der Waals surface area (Å²) in [6.07, 6.45) is 0. The second-order valence-corrected chi connectivity index (χ2v) is 4.24. The first kappa shape index (κ1) is 14.4. The topological polar surface area (TPSA) is 79.6 Å². The van der Waals surface area contributed by atoms with Gasteiger partial charge in [0, 0.05) is 0 Å². The molecule has 0 heterocycles. The van der Waals surface area contributed by atoms with Crippen LogP contribution in [0.4, 0.5) is 0 Å². The molecule has 0 bridgehead atoms. The largest absolute Gasteiger partial charge is 0.493 e. The summed E-state index contributed by atoms with van der Waals surface area (Å²) >= 11 is 0. The number of benzene rings is 2. The van der Waals surface area contributed by atoms with E-state index in [0.717, 1.165) is 5.56 Å². The van der Waals surface area contributed by atoms with E-state index in [0.29, 0.717) is 11.3 Å². The number of ether oxygens (including phenoxy) is 2. The average Bonchev–Trinajstić information content (AvgIpc) is 2.52. The fourth-order valence-corrected chi connectivity index (χ4v) is 1.82. The van der Waals surface area contributed by atoms with E-state index in [2.05, 4.69) is 0 Å². The van der Waals surface area contributed by atoms with Gasteiger partial charge >= 0.3 is 5.97 Å². The average molecular weight is 283 g/mol. The molecule has 0 aliphatic rings. The first-order valence-corrected chi connectivity index (χ1v) is 6.18. The van der Waals surface area contributed by atoms with Gasteiger partial charge in [0.1, 0.15) is 12.2 Å². The number of carbonyl (C=O) groups is 1. The van der Waals surface area contributed by atoms with Crippen molar-refractivity contribution in [2.24, 2.45) is 0 Å². The molecule has 21 heavy (non-hydrogen) atoms. The highest BCUT2D eigenvalue weighted by molar-refractivity contribution is 5.92. The minimum absolute atomic E-state index is 0.0444. The molecule has 0 saturated carbocycles. The number of carboxylic acids is 1. The van der Waals surface area contributed by atoms with E-state index >= 15 is 0 Å². The van der Waals surface area contributed by atoms with Gasteiger partial charge in [-0.25, -0.2) is 4.79 Å². The lowest BCUT2D eigenvalue weighted by molar-refractivity contribution is 0.0691. The zero-order valence-electron chi connectivity index (χ0n) is 11.4. The Balaban J connectivity index is 2.22. The maximum Gasteiger partial charge on any atom is 0.339 e. The molecule has 0 radical (unpaired) electrons. The monoisotopic (exact) mass is 283 g/mol. The summed E-state index contributed by atoms with van der Waals surface area (Å²) in [6.45, 7) is 0.187. The Kier molecular flexibility index (Phi) is 4.42. The van der Waals surface area contributed by atoms with Crippen molar-refractivity contribution in [1.29, 1.82) is 5.26 Å². The molecule has 2 rings (SSSR count). The van der Waals surface area contributed by atoms with E-state index in [9.17, 15) is 9.90 Å². The molecular formula is C16H13NO4. The molecule has 0 fully saturated rings. The fourth-order valence-electron chi connectivity index (χ4n) is 1.82. The normalized spacial score (nSPS) is 9.71. The van der Waals surface area contributed by atoms with Crippen LogP contribution in [-0.2, 0) is 6.61 Å². The molecule has 2 aromatic rings. The number of hydrogen-bond donors (Lipinski definition) is 1. The first-order valence-electron chi connectivity index (χ1n) is 6.18. The number of aromatic carboxylic acids is 1. The summed E-state index contributed by atoms with van der Waals surface area (Å²) in [5.41, 5.74) is 1.43. The first-order chi connectivity index (χ1) is 10.2. The van der Waals surface area contributed by atoms with E-state index < -0.39 is 5.97 Å². The molecule has 0 unspecified atom stereocenters. The number of nitrogens with zero attached hydrogens (tertiary/aromatic N) is 1. The molecule has 1 N–H and O–H groups in total. The third kappa shape index (κ3) is 3.31. The van der Waals surface area contributed by atoms with Crippen LogP contribution in [0, 0.1) is 11.3 Å². The van der Waals surface area contributed by atoms with Crippen molar-refractivity contribution in [1.82, 2.24) is 0 Å². The van der Waals surface area contributed by atoms with Gasteiger partial charge in [-0.05, 0) is 29.8 Å². The summed E-state index contributed by atoms with van der Waals surface area (Å²) in [6, 6.07) is 13.6. The van der Waals surface area contributed by atoms with Gasteiger partial charge in [-0.3, -0.25) is 0 Å². The summed E-state index contributed by atoms with van der Waals surface area (Å²) in [4.78, 5) is 11.2. The highest BCUT2D eigenvalue weighted by Crippen LogP contribution is 2.31. The second kappa shape index (κ2) is 6.44. The van der Waals surface area contributed by atoms with Crippen molar-refractivity contribution in [3.8, 4) is 17.6 Å². The molecule has 5 heteroatoms. The zero-order chi connectivity index (χ0) is 15.2. The van der Waals surface area contributed by atoms with Crippen LogP contribution in [0.15, 0.2) is 42.5 Å². The Bertz CT molecular complexity index is 686. The molecule has 0 saturated heterocycles. The Morgan fingerprint density at radius 3 is 2.52 bits per heavy atom. The smallest absolute Gasteiger partial charge is 0.339 e. The summed E-state index contributed by atoms with van der Waals surface area (Å²) in [7, 11) is 1.45. The maximum atomic E-state index is 11.2. The number of carboxylic acid groups (broad SMARTS) is 1. The maximum absolute atomic E-state index is 11.2. The van der Waals surface area contributed by atoms with Crippen molar-refractivity contribution in [2.45, 2.75) is 6.61 Å². The number of methoxy groups -OCH3 is 1. The SMILES string of the molecule is COc1cccc(C(=O)O)c1OCc1ccc(C#N)cc1. The highest BCUT2D eigenvalue weighted by Gasteiger charge is 2.16. The summed E-state index contributed by atoms with van der Waals surface area (Å²) in [5.74, 6) is -0.524. The van der Waals surface area contributed by atoms with Crippen LogP contribution in [0.3, 0.4) is 0 Å². The van der Waals surface area contributed by atoms with E-state index in [4.69, 9.17) is 14.7 Å². The third-order valence-corrected chi connectivity index (χ3v) is 2.90. The Morgan fingerprint density at radius 1 is 1.24 bits per heavy atom. The molecule has 0 amide bonds. The van der Waals surface area contributed by atoms with Crippen LogP contribution in [-0.4, -0.2) is 18.2 Å². The molecular weight excluding hydrogens is 270 g/mol. The number of rotatable bonds is 5. The number of nitriles is 1. The van der Waals surface area contributed by atoms with Crippen molar-refractivity contribution < 1.29 is 19.4 Å². The van der Waals surface area contributed by atoms with E-state index in [1.807, 2.05) is 6.07 Å². The molecule has 0 aliphatic carbocycles. The van der Waals surface area contributed by atoms with Crippen LogP contribution >= 0.6 is 0 Å². The fraction of sp³-hybridized carbons (Fsp3) is 0.125. The zero-order valence-corrected chi connectivity index (χ0v) is 11.4. The molecule has 0 aromatic heterocycles. The molecule has 0 aliphatic heterocycles. The highest BCUT2D eigenvalue weighted by atomic mass is 16.5. The van der Waals surface area contributed by atoms with E-state index in [1.165, 1.54) is 13.2 Å². The Hall–Kier alpha value is -3.00. The van der Waals surface area contributed by atoms with Gasteiger partial charge in [-0.2, -0.15) is 5.26 Å². The lowest BCUT2D eigenvalue weighted by atomic mass is 10.1. The van der Waals surface area contributed by atoms with Crippen molar-refractivity contribution in [3.05, 3.63) is 59.2 Å². The minimum atomic E-state index is -1.08. The van der Waals surface area contributed by atoms with Gasteiger partial charge < -0.3 is 14.6 Å². The van der Waals surface area contributed by atoms with Gasteiger partial charge in [0.2, 0.25) is 0 Å². The Labute approximate surface area is 122 Å².